The van der Waals surface area contributed by atoms with Crippen molar-refractivity contribution in [3.05, 3.63) is 0 Å². The predicted molar refractivity (Wildman–Crippen MR) is 65.5 cm³/mol. The molecule has 0 saturated carbocycles. The minimum atomic E-state index is -1.20. The molecule has 0 aliphatic carbocycles. The van der Waals surface area contributed by atoms with E-state index in [1.165, 1.54) is 0 Å². The topological polar surface area (TPSA) is 136 Å². The molecule has 0 bridgehead atoms. The Labute approximate surface area is 106 Å². The normalized spacial score (nSPS) is 13.7. The van der Waals surface area contributed by atoms with Gasteiger partial charge in [0.1, 0.15) is 6.04 Å². The first kappa shape index (κ1) is 16.4. The van der Waals surface area contributed by atoms with Crippen LogP contribution in [0.1, 0.15) is 39.0 Å². The van der Waals surface area contributed by atoms with Gasteiger partial charge in [0.2, 0.25) is 11.8 Å². The highest BCUT2D eigenvalue weighted by Crippen LogP contribution is 2.01. The van der Waals surface area contributed by atoms with E-state index in [1.807, 2.05) is 6.92 Å². The van der Waals surface area contributed by atoms with Gasteiger partial charge in [-0.05, 0) is 12.8 Å². The van der Waals surface area contributed by atoms with E-state index >= 15 is 0 Å². The van der Waals surface area contributed by atoms with Gasteiger partial charge in [0.25, 0.3) is 0 Å². The number of primary amides is 1. The lowest BCUT2D eigenvalue weighted by Gasteiger charge is -2.17. The van der Waals surface area contributed by atoms with Crippen molar-refractivity contribution in [2.45, 2.75) is 51.1 Å². The lowest BCUT2D eigenvalue weighted by atomic mass is 10.1. The number of hydrogen-bond donors (Lipinski definition) is 4. The van der Waals surface area contributed by atoms with Gasteiger partial charge in [0.05, 0.1) is 6.04 Å². The fraction of sp³-hybridized carbons (Fsp3) is 0.727. The number of carbonyl (C=O) groups is 3. The number of carbonyl (C=O) groups excluding carboxylic acids is 2. The Morgan fingerprint density at radius 1 is 1.28 bits per heavy atom. The van der Waals surface area contributed by atoms with Crippen LogP contribution >= 0.6 is 0 Å². The van der Waals surface area contributed by atoms with Crippen molar-refractivity contribution in [3.8, 4) is 0 Å². The average Bonchev–Trinajstić information content (AvgIpc) is 2.30. The highest BCUT2D eigenvalue weighted by atomic mass is 16.4. The predicted octanol–water partition coefficient (Wildman–Crippen LogP) is -0.661. The molecule has 0 heterocycles. The summed E-state index contributed by atoms with van der Waals surface area (Å²) in [6.45, 7) is 1.97. The number of rotatable bonds is 9. The van der Waals surface area contributed by atoms with E-state index in [4.69, 9.17) is 16.6 Å². The van der Waals surface area contributed by atoms with Crippen molar-refractivity contribution < 1.29 is 19.5 Å². The molecule has 0 saturated heterocycles. The molecule has 7 heteroatoms. The van der Waals surface area contributed by atoms with Crippen LogP contribution in [0.5, 0.6) is 0 Å². The first-order valence-corrected chi connectivity index (χ1v) is 5.95. The second kappa shape index (κ2) is 8.46. The zero-order chi connectivity index (χ0) is 14.1. The maximum absolute atomic E-state index is 11.6. The van der Waals surface area contributed by atoms with Crippen molar-refractivity contribution in [3.63, 3.8) is 0 Å². The van der Waals surface area contributed by atoms with E-state index in [0.29, 0.717) is 6.42 Å². The summed E-state index contributed by atoms with van der Waals surface area (Å²) in [5.74, 6) is -2.32. The van der Waals surface area contributed by atoms with Crippen molar-refractivity contribution in [1.82, 2.24) is 5.32 Å². The number of nitrogens with two attached hydrogens (primary N) is 2. The molecule has 6 N–H and O–H groups in total. The molecule has 0 rings (SSSR count). The molecule has 2 atom stereocenters. The summed E-state index contributed by atoms with van der Waals surface area (Å²) in [5, 5.41) is 11.2. The second-order valence-corrected chi connectivity index (χ2v) is 4.15. The van der Waals surface area contributed by atoms with Crippen LogP contribution < -0.4 is 16.8 Å². The Hall–Kier alpha value is -1.63. The SMILES string of the molecule is CCCCC(N)C(=O)N[C@H](CCC(N)=O)C(=O)O. The quantitative estimate of drug-likeness (QED) is 0.436. The zero-order valence-corrected chi connectivity index (χ0v) is 10.5. The van der Waals surface area contributed by atoms with Crippen molar-refractivity contribution in [1.29, 1.82) is 0 Å². The smallest absolute Gasteiger partial charge is 0.326 e. The summed E-state index contributed by atoms with van der Waals surface area (Å²) >= 11 is 0. The third kappa shape index (κ3) is 6.85. The molecule has 0 aromatic carbocycles. The van der Waals surface area contributed by atoms with Gasteiger partial charge in [-0.1, -0.05) is 19.8 Å². The standard InChI is InChI=1S/C11H21N3O4/c1-2-3-4-7(12)10(16)14-8(11(17)18)5-6-9(13)15/h7-8H,2-6,12H2,1H3,(H2,13,15)(H,14,16)(H,17,18)/t7?,8-/m1/s1. The van der Waals surface area contributed by atoms with Crippen LogP contribution in [0.15, 0.2) is 0 Å². The molecule has 7 nitrogen and oxygen atoms in total. The average molecular weight is 259 g/mol. The Morgan fingerprint density at radius 2 is 1.89 bits per heavy atom. The van der Waals surface area contributed by atoms with Gasteiger partial charge >= 0.3 is 5.97 Å². The number of carboxylic acid groups (broad SMARTS) is 1. The van der Waals surface area contributed by atoms with Gasteiger partial charge in [-0.25, -0.2) is 4.79 Å². The summed E-state index contributed by atoms with van der Waals surface area (Å²) < 4.78 is 0. The fourth-order valence-electron chi connectivity index (χ4n) is 1.38. The summed E-state index contributed by atoms with van der Waals surface area (Å²) in [6.07, 6.45) is 2.08. The molecular formula is C11H21N3O4. The van der Waals surface area contributed by atoms with Gasteiger partial charge in [-0.2, -0.15) is 0 Å². The van der Waals surface area contributed by atoms with Gasteiger partial charge in [-0.3, -0.25) is 9.59 Å². The van der Waals surface area contributed by atoms with Crippen LogP contribution in [-0.4, -0.2) is 35.0 Å². The summed E-state index contributed by atoms with van der Waals surface area (Å²) in [5.41, 5.74) is 10.5. The fourth-order valence-corrected chi connectivity index (χ4v) is 1.38. The van der Waals surface area contributed by atoms with E-state index in [-0.39, 0.29) is 12.8 Å². The Balaban J connectivity index is 4.26. The summed E-state index contributed by atoms with van der Waals surface area (Å²) in [7, 11) is 0. The lowest BCUT2D eigenvalue weighted by Crippen LogP contribution is -2.48. The molecule has 0 spiro atoms. The number of aliphatic carboxylic acids is 1. The van der Waals surface area contributed by atoms with Crippen LogP contribution in [0, 0.1) is 0 Å². The third-order valence-electron chi connectivity index (χ3n) is 2.50. The molecule has 0 radical (unpaired) electrons. The molecule has 104 valence electrons. The Kier molecular flexibility index (Phi) is 7.69. The molecule has 0 fully saturated rings. The lowest BCUT2D eigenvalue weighted by molar-refractivity contribution is -0.142. The van der Waals surface area contributed by atoms with Crippen LogP contribution in [0.25, 0.3) is 0 Å². The Morgan fingerprint density at radius 3 is 2.33 bits per heavy atom. The molecule has 0 aliphatic rings. The van der Waals surface area contributed by atoms with E-state index in [0.717, 1.165) is 12.8 Å². The minimum Gasteiger partial charge on any atom is -0.480 e. The van der Waals surface area contributed by atoms with Crippen LogP contribution in [-0.2, 0) is 14.4 Å². The van der Waals surface area contributed by atoms with Crippen molar-refractivity contribution in [2.24, 2.45) is 11.5 Å². The van der Waals surface area contributed by atoms with Crippen LogP contribution in [0.3, 0.4) is 0 Å². The van der Waals surface area contributed by atoms with Gasteiger partial charge in [0.15, 0.2) is 0 Å². The molecular weight excluding hydrogens is 238 g/mol. The monoisotopic (exact) mass is 259 g/mol. The maximum atomic E-state index is 11.6. The van der Waals surface area contributed by atoms with Gasteiger partial charge in [-0.15, -0.1) is 0 Å². The highest BCUT2D eigenvalue weighted by molar-refractivity contribution is 5.87. The molecule has 0 aromatic rings. The summed E-state index contributed by atoms with van der Waals surface area (Å²) in [4.78, 5) is 33.0. The summed E-state index contributed by atoms with van der Waals surface area (Å²) in [6, 6.07) is -1.85. The van der Waals surface area contributed by atoms with E-state index in [1.54, 1.807) is 0 Å². The van der Waals surface area contributed by atoms with Crippen LogP contribution in [0.4, 0.5) is 0 Å². The first-order valence-electron chi connectivity index (χ1n) is 5.95. The molecule has 1 unspecified atom stereocenters. The third-order valence-corrected chi connectivity index (χ3v) is 2.50. The second-order valence-electron chi connectivity index (χ2n) is 4.15. The van der Waals surface area contributed by atoms with Crippen molar-refractivity contribution >= 4 is 17.8 Å². The molecule has 0 aromatic heterocycles. The minimum absolute atomic E-state index is 0.0308. The largest absolute Gasteiger partial charge is 0.480 e. The number of amides is 2. The van der Waals surface area contributed by atoms with Crippen LogP contribution in [0.2, 0.25) is 0 Å². The van der Waals surface area contributed by atoms with Crippen molar-refractivity contribution in [2.75, 3.05) is 0 Å². The number of hydrogen-bond acceptors (Lipinski definition) is 4. The number of nitrogens with one attached hydrogen (secondary N) is 1. The zero-order valence-electron chi connectivity index (χ0n) is 10.5. The Bertz CT molecular complexity index is 307. The van der Waals surface area contributed by atoms with Gasteiger partial charge in [0, 0.05) is 6.42 Å². The molecule has 0 aliphatic heterocycles. The number of carboxylic acids is 1. The van der Waals surface area contributed by atoms with E-state index in [2.05, 4.69) is 5.32 Å². The maximum Gasteiger partial charge on any atom is 0.326 e. The highest BCUT2D eigenvalue weighted by Gasteiger charge is 2.23. The van der Waals surface area contributed by atoms with Gasteiger partial charge < -0.3 is 21.9 Å². The molecule has 2 amide bonds. The van der Waals surface area contributed by atoms with E-state index in [9.17, 15) is 14.4 Å². The molecule has 18 heavy (non-hydrogen) atoms. The first-order chi connectivity index (χ1) is 8.38. The number of unbranched alkanes of at least 4 members (excludes halogenated alkanes) is 1. The van der Waals surface area contributed by atoms with E-state index < -0.39 is 29.9 Å².